The number of hydrogen-bond acceptors (Lipinski definition) is 4. The van der Waals surface area contributed by atoms with E-state index >= 15 is 0 Å². The third-order valence-electron chi connectivity index (χ3n) is 2.55. The van der Waals surface area contributed by atoms with Crippen LogP contribution >= 0.6 is 0 Å². The second-order valence-electron chi connectivity index (χ2n) is 3.80. The zero-order chi connectivity index (χ0) is 12.1. The SMILES string of the molecule is CCOC(=O)C(C)(C(=O)OCC)C(C)C. The highest BCUT2D eigenvalue weighted by molar-refractivity contribution is 5.99. The van der Waals surface area contributed by atoms with Crippen LogP contribution in [-0.2, 0) is 19.1 Å². The third kappa shape index (κ3) is 2.94. The summed E-state index contributed by atoms with van der Waals surface area (Å²) in [5, 5.41) is 0. The highest BCUT2D eigenvalue weighted by Crippen LogP contribution is 2.30. The molecule has 0 spiro atoms. The van der Waals surface area contributed by atoms with Gasteiger partial charge >= 0.3 is 11.9 Å². The fraction of sp³-hybridized carbons (Fsp3) is 0.818. The third-order valence-corrected chi connectivity index (χ3v) is 2.55. The largest absolute Gasteiger partial charge is 0.465 e. The summed E-state index contributed by atoms with van der Waals surface area (Å²) in [5.74, 6) is -1.19. The van der Waals surface area contributed by atoms with Gasteiger partial charge in [-0.15, -0.1) is 0 Å². The number of carbonyl (C=O) groups is 2. The molecule has 0 saturated heterocycles. The van der Waals surface area contributed by atoms with Gasteiger partial charge in [0.05, 0.1) is 13.2 Å². The Kier molecular flexibility index (Phi) is 5.33. The average molecular weight is 216 g/mol. The van der Waals surface area contributed by atoms with Crippen molar-refractivity contribution in [3.05, 3.63) is 0 Å². The summed E-state index contributed by atoms with van der Waals surface area (Å²) in [7, 11) is 0. The van der Waals surface area contributed by atoms with Gasteiger partial charge in [-0.25, -0.2) is 0 Å². The lowest BCUT2D eigenvalue weighted by Gasteiger charge is -2.28. The molecule has 0 aromatic rings. The van der Waals surface area contributed by atoms with Gasteiger partial charge in [0.1, 0.15) is 0 Å². The van der Waals surface area contributed by atoms with Crippen LogP contribution in [0.5, 0.6) is 0 Å². The quantitative estimate of drug-likeness (QED) is 0.519. The standard InChI is InChI=1S/C11H20O4/c1-6-14-9(12)11(5,8(3)4)10(13)15-7-2/h8H,6-7H2,1-5H3. The molecule has 0 amide bonds. The molecule has 88 valence electrons. The smallest absolute Gasteiger partial charge is 0.323 e. The van der Waals surface area contributed by atoms with Crippen molar-refractivity contribution in [2.45, 2.75) is 34.6 Å². The molecule has 0 aliphatic heterocycles. The number of esters is 2. The first-order chi connectivity index (χ1) is 6.91. The Morgan fingerprint density at radius 3 is 1.60 bits per heavy atom. The van der Waals surface area contributed by atoms with Crippen molar-refractivity contribution in [2.24, 2.45) is 11.3 Å². The van der Waals surface area contributed by atoms with Crippen LogP contribution in [0.1, 0.15) is 34.6 Å². The molecule has 0 aromatic heterocycles. The van der Waals surface area contributed by atoms with Crippen molar-refractivity contribution < 1.29 is 19.1 Å². The normalized spacial score (nSPS) is 11.3. The van der Waals surface area contributed by atoms with Crippen molar-refractivity contribution >= 4 is 11.9 Å². The molecule has 0 aliphatic carbocycles. The number of ether oxygens (including phenoxy) is 2. The molecule has 0 unspecified atom stereocenters. The van der Waals surface area contributed by atoms with E-state index in [1.54, 1.807) is 34.6 Å². The molecule has 0 radical (unpaired) electrons. The molecule has 15 heavy (non-hydrogen) atoms. The van der Waals surface area contributed by atoms with Crippen LogP contribution in [0.2, 0.25) is 0 Å². The molecular weight excluding hydrogens is 196 g/mol. The molecule has 4 nitrogen and oxygen atoms in total. The second kappa shape index (κ2) is 5.73. The van der Waals surface area contributed by atoms with Crippen LogP contribution in [0.25, 0.3) is 0 Å². The van der Waals surface area contributed by atoms with Gasteiger partial charge in [0.2, 0.25) is 0 Å². The predicted molar refractivity (Wildman–Crippen MR) is 56.2 cm³/mol. The minimum atomic E-state index is -1.20. The zero-order valence-electron chi connectivity index (χ0n) is 10.1. The van der Waals surface area contributed by atoms with Gasteiger partial charge in [-0.1, -0.05) is 13.8 Å². The number of rotatable bonds is 5. The topological polar surface area (TPSA) is 52.6 Å². The van der Waals surface area contributed by atoms with E-state index in [2.05, 4.69) is 0 Å². The van der Waals surface area contributed by atoms with Gasteiger partial charge in [0.15, 0.2) is 5.41 Å². The summed E-state index contributed by atoms with van der Waals surface area (Å²) in [6.07, 6.45) is 0. The Morgan fingerprint density at radius 2 is 1.40 bits per heavy atom. The average Bonchev–Trinajstić information content (AvgIpc) is 2.16. The monoisotopic (exact) mass is 216 g/mol. The molecule has 0 rings (SSSR count). The van der Waals surface area contributed by atoms with Crippen molar-refractivity contribution in [3.8, 4) is 0 Å². The molecule has 0 atom stereocenters. The first-order valence-corrected chi connectivity index (χ1v) is 5.25. The zero-order valence-corrected chi connectivity index (χ0v) is 10.1. The lowest BCUT2D eigenvalue weighted by Crippen LogP contribution is -2.43. The second-order valence-corrected chi connectivity index (χ2v) is 3.80. The first kappa shape index (κ1) is 13.9. The van der Waals surface area contributed by atoms with Crippen LogP contribution < -0.4 is 0 Å². The molecule has 4 heteroatoms. The van der Waals surface area contributed by atoms with E-state index in [0.29, 0.717) is 0 Å². The van der Waals surface area contributed by atoms with E-state index in [1.165, 1.54) is 0 Å². The van der Waals surface area contributed by atoms with Crippen LogP contribution in [0, 0.1) is 11.3 Å². The van der Waals surface area contributed by atoms with E-state index in [9.17, 15) is 9.59 Å². The maximum Gasteiger partial charge on any atom is 0.323 e. The maximum atomic E-state index is 11.7. The van der Waals surface area contributed by atoms with Gasteiger partial charge in [-0.05, 0) is 26.7 Å². The minimum Gasteiger partial charge on any atom is -0.465 e. The lowest BCUT2D eigenvalue weighted by atomic mass is 9.79. The Labute approximate surface area is 90.9 Å². The number of carbonyl (C=O) groups excluding carboxylic acids is 2. The van der Waals surface area contributed by atoms with Crippen LogP contribution in [-0.4, -0.2) is 25.2 Å². The van der Waals surface area contributed by atoms with Crippen LogP contribution in [0.4, 0.5) is 0 Å². The lowest BCUT2D eigenvalue weighted by molar-refractivity contribution is -0.174. The van der Waals surface area contributed by atoms with E-state index in [-0.39, 0.29) is 19.1 Å². The van der Waals surface area contributed by atoms with Gasteiger partial charge in [-0.3, -0.25) is 9.59 Å². The first-order valence-electron chi connectivity index (χ1n) is 5.25. The van der Waals surface area contributed by atoms with E-state index in [4.69, 9.17) is 9.47 Å². The molecule has 0 bridgehead atoms. The van der Waals surface area contributed by atoms with E-state index in [0.717, 1.165) is 0 Å². The molecule has 0 N–H and O–H groups in total. The highest BCUT2D eigenvalue weighted by atomic mass is 16.6. The fourth-order valence-corrected chi connectivity index (χ4v) is 1.12. The van der Waals surface area contributed by atoms with Crippen LogP contribution in [0.15, 0.2) is 0 Å². The number of hydrogen-bond donors (Lipinski definition) is 0. The van der Waals surface area contributed by atoms with Gasteiger partial charge in [0.25, 0.3) is 0 Å². The Bertz CT molecular complexity index is 215. The molecular formula is C11H20O4. The van der Waals surface area contributed by atoms with E-state index in [1.807, 2.05) is 0 Å². The van der Waals surface area contributed by atoms with Crippen LogP contribution in [0.3, 0.4) is 0 Å². The predicted octanol–water partition coefficient (Wildman–Crippen LogP) is 1.77. The molecule has 0 fully saturated rings. The van der Waals surface area contributed by atoms with Gasteiger partial charge < -0.3 is 9.47 Å². The minimum absolute atomic E-state index is 0.157. The molecule has 0 saturated carbocycles. The fourth-order valence-electron chi connectivity index (χ4n) is 1.12. The Hall–Kier alpha value is -1.06. The summed E-state index contributed by atoms with van der Waals surface area (Å²) in [5.41, 5.74) is -1.20. The molecule has 0 aliphatic rings. The summed E-state index contributed by atoms with van der Waals surface area (Å²) < 4.78 is 9.79. The van der Waals surface area contributed by atoms with Crippen molar-refractivity contribution in [2.75, 3.05) is 13.2 Å². The highest BCUT2D eigenvalue weighted by Gasteiger charge is 2.46. The summed E-state index contributed by atoms with van der Waals surface area (Å²) in [6, 6.07) is 0. The van der Waals surface area contributed by atoms with Crippen molar-refractivity contribution in [1.82, 2.24) is 0 Å². The Balaban J connectivity index is 4.88. The maximum absolute atomic E-state index is 11.7. The van der Waals surface area contributed by atoms with E-state index < -0.39 is 17.4 Å². The summed E-state index contributed by atoms with van der Waals surface area (Å²) >= 11 is 0. The summed E-state index contributed by atoms with van der Waals surface area (Å²) in [4.78, 5) is 23.4. The summed E-state index contributed by atoms with van der Waals surface area (Å²) in [6.45, 7) is 9.12. The van der Waals surface area contributed by atoms with Crippen molar-refractivity contribution in [1.29, 1.82) is 0 Å². The Morgan fingerprint density at radius 1 is 1.07 bits per heavy atom. The van der Waals surface area contributed by atoms with Gasteiger partial charge in [-0.2, -0.15) is 0 Å². The van der Waals surface area contributed by atoms with Gasteiger partial charge in [0, 0.05) is 0 Å². The molecule has 0 heterocycles. The van der Waals surface area contributed by atoms with Crippen molar-refractivity contribution in [3.63, 3.8) is 0 Å². The molecule has 0 aromatic carbocycles.